The molecule has 13 heteroatoms. The first-order valence-corrected chi connectivity index (χ1v) is 13.3. The van der Waals surface area contributed by atoms with Gasteiger partial charge in [-0.1, -0.05) is 11.6 Å². The van der Waals surface area contributed by atoms with Crippen molar-refractivity contribution in [3.63, 3.8) is 0 Å². The van der Waals surface area contributed by atoms with Gasteiger partial charge < -0.3 is 24.8 Å². The highest BCUT2D eigenvalue weighted by molar-refractivity contribution is 6.32. The summed E-state index contributed by atoms with van der Waals surface area (Å²) in [5.41, 5.74) is 0.775. The third-order valence-electron chi connectivity index (χ3n) is 7.70. The molecule has 2 aliphatic heterocycles. The maximum atomic E-state index is 14.9. The first-order chi connectivity index (χ1) is 18.6. The largest absolute Gasteiger partial charge is 0.480 e. The number of nitrogens with zero attached hydrogens (tertiary/aromatic N) is 4. The molecule has 0 amide bonds. The van der Waals surface area contributed by atoms with Crippen LogP contribution in [0.25, 0.3) is 10.9 Å². The average Bonchev–Trinajstić information content (AvgIpc) is 3.76. The maximum absolute atomic E-state index is 14.9. The maximum Gasteiger partial charge on any atom is 0.301 e. The molecule has 2 aromatic heterocycles. The van der Waals surface area contributed by atoms with Gasteiger partial charge in [-0.2, -0.15) is 4.98 Å². The molecular formula is C26H27ClF4N6O2. The van der Waals surface area contributed by atoms with Crippen LogP contribution in [-0.4, -0.2) is 52.6 Å². The molecule has 0 bridgehead atoms. The number of piperidine rings is 1. The van der Waals surface area contributed by atoms with Crippen molar-refractivity contribution in [1.82, 2.24) is 14.5 Å². The number of pyridine rings is 1. The van der Waals surface area contributed by atoms with Crippen LogP contribution in [-0.2, 0) is 7.05 Å². The Bertz CT molecular complexity index is 1480. The van der Waals surface area contributed by atoms with E-state index in [1.54, 1.807) is 30.1 Å². The SMILES string of the molecule is Cn1c(=O)c2c(c3cc(Nc4nc(N5CCCC(C(F)F)C5)ncc4Cl)ccc31)N[C@@H](C1CC1)C(F)(F)CO2. The Morgan fingerprint density at radius 1 is 1.26 bits per heavy atom. The van der Waals surface area contributed by atoms with Crippen molar-refractivity contribution in [2.75, 3.05) is 35.2 Å². The van der Waals surface area contributed by atoms with Crippen LogP contribution < -0.4 is 25.8 Å². The van der Waals surface area contributed by atoms with E-state index in [-0.39, 0.29) is 40.7 Å². The van der Waals surface area contributed by atoms with E-state index in [0.717, 1.165) is 0 Å². The molecule has 2 N–H and O–H groups in total. The minimum absolute atomic E-state index is 0.146. The molecule has 1 aliphatic carbocycles. The number of hydrogen-bond donors (Lipinski definition) is 2. The third kappa shape index (κ3) is 4.83. The Morgan fingerprint density at radius 3 is 2.79 bits per heavy atom. The Morgan fingerprint density at radius 2 is 2.05 bits per heavy atom. The van der Waals surface area contributed by atoms with Gasteiger partial charge in [0.2, 0.25) is 18.1 Å². The molecule has 4 heterocycles. The summed E-state index contributed by atoms with van der Waals surface area (Å²) in [4.78, 5) is 23.5. The lowest BCUT2D eigenvalue weighted by Crippen LogP contribution is -2.44. The number of alkyl halides is 4. The first kappa shape index (κ1) is 26.0. The van der Waals surface area contributed by atoms with Gasteiger partial charge in [0.05, 0.1) is 23.4 Å². The number of aromatic nitrogens is 3. The third-order valence-corrected chi connectivity index (χ3v) is 7.98. The van der Waals surface area contributed by atoms with Crippen molar-refractivity contribution in [2.45, 2.75) is 44.1 Å². The molecule has 0 radical (unpaired) electrons. The number of rotatable bonds is 5. The Balaban J connectivity index is 1.36. The fourth-order valence-electron chi connectivity index (χ4n) is 5.42. The van der Waals surface area contributed by atoms with Crippen LogP contribution in [0.4, 0.5) is 40.7 Å². The standard InChI is InChI=1S/C26H27ClF4N6O2/c1-36-18-7-6-15(33-23-17(27)10-32-25(35-23)37-8-2-3-14(11-37)22(28)29)9-16(18)19-20(24(36)38)39-12-26(30,31)21(34-19)13-4-5-13/h6-7,9-10,13-14,21-22,34H,2-5,8,11-12H2,1H3,(H,32,33,35)/t14?,21-/m0/s1. The number of hydrogen-bond acceptors (Lipinski definition) is 7. The van der Waals surface area contributed by atoms with Gasteiger partial charge in [0.15, 0.2) is 12.4 Å². The van der Waals surface area contributed by atoms with E-state index in [9.17, 15) is 22.4 Å². The molecule has 6 rings (SSSR count). The summed E-state index contributed by atoms with van der Waals surface area (Å²) in [7, 11) is 1.56. The van der Waals surface area contributed by atoms with Crippen molar-refractivity contribution in [1.29, 1.82) is 0 Å². The molecule has 1 aromatic carbocycles. The summed E-state index contributed by atoms with van der Waals surface area (Å²) in [5, 5.41) is 6.82. The summed E-state index contributed by atoms with van der Waals surface area (Å²) >= 11 is 6.37. The smallest absolute Gasteiger partial charge is 0.301 e. The molecule has 1 saturated heterocycles. The molecule has 208 valence electrons. The topological polar surface area (TPSA) is 84.3 Å². The van der Waals surface area contributed by atoms with Gasteiger partial charge >= 0.3 is 5.92 Å². The van der Waals surface area contributed by atoms with Gasteiger partial charge in [-0.15, -0.1) is 0 Å². The van der Waals surface area contributed by atoms with Gasteiger partial charge in [0, 0.05) is 37.1 Å². The number of aryl methyl sites for hydroxylation is 1. The zero-order valence-electron chi connectivity index (χ0n) is 21.1. The Labute approximate surface area is 226 Å². The molecule has 3 aromatic rings. The highest BCUT2D eigenvalue weighted by Crippen LogP contribution is 2.45. The lowest BCUT2D eigenvalue weighted by molar-refractivity contribution is -0.0579. The van der Waals surface area contributed by atoms with Crippen molar-refractivity contribution >= 4 is 45.6 Å². The lowest BCUT2D eigenvalue weighted by atomic mass is 9.99. The van der Waals surface area contributed by atoms with Gasteiger partial charge in [-0.3, -0.25) is 4.79 Å². The highest BCUT2D eigenvalue weighted by Gasteiger charge is 2.51. The van der Waals surface area contributed by atoms with E-state index in [2.05, 4.69) is 20.6 Å². The normalized spacial score (nSPS) is 22.7. The van der Waals surface area contributed by atoms with Gasteiger partial charge in [-0.05, 0) is 49.8 Å². The lowest BCUT2D eigenvalue weighted by Gasteiger charge is -2.32. The first-order valence-electron chi connectivity index (χ1n) is 12.9. The van der Waals surface area contributed by atoms with E-state index in [1.165, 1.54) is 10.8 Å². The quantitative estimate of drug-likeness (QED) is 0.399. The van der Waals surface area contributed by atoms with Crippen molar-refractivity contribution in [3.8, 4) is 5.75 Å². The predicted octanol–water partition coefficient (Wildman–Crippen LogP) is 5.43. The van der Waals surface area contributed by atoms with Crippen LogP contribution in [0, 0.1) is 11.8 Å². The molecule has 2 atom stereocenters. The van der Waals surface area contributed by atoms with Crippen LogP contribution in [0.15, 0.2) is 29.2 Å². The van der Waals surface area contributed by atoms with Crippen molar-refractivity contribution in [2.24, 2.45) is 18.9 Å². The minimum atomic E-state index is -3.14. The van der Waals surface area contributed by atoms with Crippen LogP contribution >= 0.6 is 11.6 Å². The van der Waals surface area contributed by atoms with Crippen LogP contribution in [0.1, 0.15) is 25.7 Å². The van der Waals surface area contributed by atoms with Gasteiger partial charge in [0.1, 0.15) is 5.02 Å². The van der Waals surface area contributed by atoms with Gasteiger partial charge in [0.25, 0.3) is 5.56 Å². The molecule has 8 nitrogen and oxygen atoms in total. The molecule has 1 unspecified atom stereocenters. The Hall–Kier alpha value is -3.28. The zero-order chi connectivity index (χ0) is 27.5. The van der Waals surface area contributed by atoms with Gasteiger partial charge in [-0.25, -0.2) is 22.5 Å². The summed E-state index contributed by atoms with van der Waals surface area (Å²) in [6.07, 6.45) is 1.41. The number of ether oxygens (including phenoxy) is 1. The summed E-state index contributed by atoms with van der Waals surface area (Å²) < 4.78 is 63.2. The highest BCUT2D eigenvalue weighted by atomic mass is 35.5. The zero-order valence-corrected chi connectivity index (χ0v) is 21.8. The predicted molar refractivity (Wildman–Crippen MR) is 141 cm³/mol. The average molecular weight is 567 g/mol. The number of benzene rings is 1. The second-order valence-electron chi connectivity index (χ2n) is 10.5. The Kier molecular flexibility index (Phi) is 6.47. The molecule has 2 fully saturated rings. The summed E-state index contributed by atoms with van der Waals surface area (Å²) in [5.74, 6) is -3.69. The second kappa shape index (κ2) is 9.72. The van der Waals surface area contributed by atoms with Crippen LogP contribution in [0.3, 0.4) is 0 Å². The van der Waals surface area contributed by atoms with E-state index in [1.807, 2.05) is 0 Å². The molecule has 3 aliphatic rings. The van der Waals surface area contributed by atoms with E-state index < -0.39 is 36.5 Å². The number of nitrogens with one attached hydrogen (secondary N) is 2. The monoisotopic (exact) mass is 566 g/mol. The molecular weight excluding hydrogens is 540 g/mol. The van der Waals surface area contributed by atoms with Crippen molar-refractivity contribution in [3.05, 3.63) is 39.8 Å². The second-order valence-corrected chi connectivity index (χ2v) is 10.9. The van der Waals surface area contributed by atoms with Crippen LogP contribution in [0.2, 0.25) is 5.02 Å². The van der Waals surface area contributed by atoms with E-state index >= 15 is 0 Å². The van der Waals surface area contributed by atoms with Crippen LogP contribution in [0.5, 0.6) is 5.75 Å². The summed E-state index contributed by atoms with van der Waals surface area (Å²) in [6.45, 7) is -0.179. The van der Waals surface area contributed by atoms with E-state index in [4.69, 9.17) is 16.3 Å². The molecule has 0 spiro atoms. The van der Waals surface area contributed by atoms with Crippen molar-refractivity contribution < 1.29 is 22.3 Å². The number of fused-ring (bicyclic) bond motifs is 3. The molecule has 39 heavy (non-hydrogen) atoms. The minimum Gasteiger partial charge on any atom is -0.480 e. The summed E-state index contributed by atoms with van der Waals surface area (Å²) in [6, 6.07) is 3.98. The number of anilines is 4. The van der Waals surface area contributed by atoms with E-state index in [0.29, 0.717) is 48.8 Å². The fourth-order valence-corrected chi connectivity index (χ4v) is 5.56. The fraction of sp³-hybridized carbons (Fsp3) is 0.500. The number of halogens is 5. The molecule has 1 saturated carbocycles.